The van der Waals surface area contributed by atoms with Crippen LogP contribution >= 0.6 is 0 Å². The number of carbonyl (C=O) groups is 5. The smallest absolute Gasteiger partial charge is 0.222 e. The average molecular weight is 947 g/mol. The molecule has 0 radical (unpaired) electrons. The Morgan fingerprint density at radius 3 is 0.985 bits per heavy atom. The molecule has 1 saturated heterocycles. The van der Waals surface area contributed by atoms with Crippen LogP contribution in [0.15, 0.2) is 0 Å². The largest absolute Gasteiger partial charge is 0.549 e. The first-order valence-corrected chi connectivity index (χ1v) is 27.7. The number of amides is 1. The first kappa shape index (κ1) is 62.2. The number of rotatable bonds is 48. The highest BCUT2D eigenvalue weighted by Gasteiger charge is 2.41. The van der Waals surface area contributed by atoms with Gasteiger partial charge in [0.15, 0.2) is 0 Å². The van der Waals surface area contributed by atoms with E-state index in [1.807, 2.05) is 4.90 Å². The quantitative estimate of drug-likeness (QED) is 0.0599. The molecule has 0 aromatic carbocycles. The second kappa shape index (κ2) is 42.1. The maximum Gasteiger partial charge on any atom is 0.222 e. The molecular formula is C54H98N4O9-4. The number of unbranched alkanes of at least 4 members (excludes halogenated alkanes) is 31. The maximum atomic E-state index is 13.9. The highest BCUT2D eigenvalue weighted by atomic mass is 16.4. The predicted octanol–water partition coefficient (Wildman–Crippen LogP) is 6.56. The number of carboxylic acid groups (broad SMARTS) is 4. The van der Waals surface area contributed by atoms with Crippen molar-refractivity contribution >= 4 is 29.8 Å². The van der Waals surface area contributed by atoms with E-state index in [1.165, 1.54) is 194 Å². The minimum absolute atomic E-state index is 0.0519. The summed E-state index contributed by atoms with van der Waals surface area (Å²) in [7, 11) is 0. The highest BCUT2D eigenvalue weighted by molar-refractivity contribution is 5.76. The first-order valence-electron chi connectivity index (χ1n) is 27.7. The Bertz CT molecular complexity index is 1190. The number of carbonyl (C=O) groups excluding carboxylic acids is 5. The zero-order chi connectivity index (χ0) is 49.2. The third kappa shape index (κ3) is 35.1. The van der Waals surface area contributed by atoms with Gasteiger partial charge in [-0.15, -0.1) is 0 Å². The van der Waals surface area contributed by atoms with Crippen molar-refractivity contribution in [2.45, 2.75) is 251 Å². The SMILES string of the molecule is CCCCCCCCCCCCCCCCCCN(CCCCCCCCCCCCCCCCCC)C(=O)CCCCC1(N(CC(=O)[O-])CC(=O)[O-])CN(CC(=O)[O-])CCN(CC(=O)[O-])C1. The molecule has 1 fully saturated rings. The second-order valence-electron chi connectivity index (χ2n) is 20.2. The van der Waals surface area contributed by atoms with Gasteiger partial charge >= 0.3 is 0 Å². The summed E-state index contributed by atoms with van der Waals surface area (Å²) in [6.07, 6.45) is 42.4. The molecule has 0 atom stereocenters. The van der Waals surface area contributed by atoms with Gasteiger partial charge in [-0.3, -0.25) is 19.5 Å². The maximum absolute atomic E-state index is 13.9. The van der Waals surface area contributed by atoms with Gasteiger partial charge < -0.3 is 44.5 Å². The molecule has 1 rings (SSSR count). The molecule has 13 heteroatoms. The van der Waals surface area contributed by atoms with Crippen LogP contribution < -0.4 is 20.4 Å². The van der Waals surface area contributed by atoms with Crippen molar-refractivity contribution in [2.24, 2.45) is 0 Å². The molecule has 1 aliphatic rings. The fraction of sp³-hybridized carbons (Fsp3) is 0.907. The van der Waals surface area contributed by atoms with Crippen LogP contribution in [0.4, 0.5) is 0 Å². The lowest BCUT2D eigenvalue weighted by atomic mass is 9.88. The summed E-state index contributed by atoms with van der Waals surface area (Å²) in [6, 6.07) is 0. The summed E-state index contributed by atoms with van der Waals surface area (Å²) in [5.74, 6) is -5.73. The van der Waals surface area contributed by atoms with Gasteiger partial charge in [0, 0.05) is 77.4 Å². The molecule has 1 aliphatic heterocycles. The molecule has 1 amide bonds. The molecule has 1 heterocycles. The molecule has 0 saturated carbocycles. The summed E-state index contributed by atoms with van der Waals surface area (Å²) < 4.78 is 0. The lowest BCUT2D eigenvalue weighted by Gasteiger charge is -2.47. The number of hydrogen-bond donors (Lipinski definition) is 0. The van der Waals surface area contributed by atoms with Crippen LogP contribution in [0.2, 0.25) is 0 Å². The molecule has 0 aromatic heterocycles. The zero-order valence-corrected chi connectivity index (χ0v) is 43.0. The second-order valence-corrected chi connectivity index (χ2v) is 20.2. The molecule has 0 aliphatic carbocycles. The van der Waals surface area contributed by atoms with Gasteiger partial charge in [-0.05, 0) is 25.7 Å². The minimum Gasteiger partial charge on any atom is -0.549 e. The van der Waals surface area contributed by atoms with E-state index in [2.05, 4.69) is 13.8 Å². The number of hydrogen-bond acceptors (Lipinski definition) is 12. The van der Waals surface area contributed by atoms with Crippen molar-refractivity contribution in [2.75, 3.05) is 65.4 Å². The Labute approximate surface area is 408 Å². The number of carboxylic acids is 4. The standard InChI is InChI=1S/C54H102N4O9/c1-3-5-7-9-11-13-15-17-19-21-23-25-27-29-31-35-39-57(40-36-32-30-28-26-24-22-20-18-16-14-12-10-8-6-4-2)49(59)37-33-34-38-54(58(45-52(64)65)46-53(66)67)47-55(43-50(60)61)41-42-56(48-54)44-51(62)63/h3-48H2,1-2H3,(H,60,61)(H,62,63)(H,64,65)(H,66,67)/p-4. The summed E-state index contributed by atoms with van der Waals surface area (Å²) in [5.41, 5.74) is -1.30. The number of aliphatic carboxylic acids is 4. The average Bonchev–Trinajstić information content (AvgIpc) is 3.44. The molecule has 0 aromatic rings. The zero-order valence-electron chi connectivity index (χ0n) is 43.0. The van der Waals surface area contributed by atoms with Crippen molar-refractivity contribution in [3.05, 3.63) is 0 Å². The summed E-state index contributed by atoms with van der Waals surface area (Å²) >= 11 is 0. The van der Waals surface area contributed by atoms with E-state index in [4.69, 9.17) is 0 Å². The molecular weight excluding hydrogens is 849 g/mol. The van der Waals surface area contributed by atoms with Crippen LogP contribution in [0.3, 0.4) is 0 Å². The number of nitrogens with zero attached hydrogens (tertiary/aromatic N) is 4. The van der Waals surface area contributed by atoms with E-state index in [9.17, 15) is 44.4 Å². The summed E-state index contributed by atoms with van der Waals surface area (Å²) in [6.45, 7) is 3.55. The lowest BCUT2D eigenvalue weighted by molar-refractivity contribution is -0.314. The van der Waals surface area contributed by atoms with Crippen LogP contribution in [0.25, 0.3) is 0 Å². The highest BCUT2D eigenvalue weighted by Crippen LogP contribution is 2.29. The molecule has 0 unspecified atom stereocenters. The molecule has 0 spiro atoms. The van der Waals surface area contributed by atoms with Gasteiger partial charge in [-0.25, -0.2) is 0 Å². The Hall–Kier alpha value is -2.77. The van der Waals surface area contributed by atoms with E-state index >= 15 is 0 Å². The molecule has 392 valence electrons. The van der Waals surface area contributed by atoms with Gasteiger partial charge in [0.25, 0.3) is 0 Å². The molecule has 0 bridgehead atoms. The summed E-state index contributed by atoms with van der Waals surface area (Å²) in [4.78, 5) is 67.4. The Kier molecular flexibility index (Phi) is 39.1. The topological polar surface area (TPSA) is 191 Å². The van der Waals surface area contributed by atoms with Crippen molar-refractivity contribution in [3.8, 4) is 0 Å². The molecule has 67 heavy (non-hydrogen) atoms. The lowest BCUT2D eigenvalue weighted by Crippen LogP contribution is -2.64. The van der Waals surface area contributed by atoms with Crippen molar-refractivity contribution < 1.29 is 44.4 Å². The van der Waals surface area contributed by atoms with Crippen molar-refractivity contribution in [1.82, 2.24) is 19.6 Å². The summed E-state index contributed by atoms with van der Waals surface area (Å²) in [5, 5.41) is 47.3. The predicted molar refractivity (Wildman–Crippen MR) is 261 cm³/mol. The van der Waals surface area contributed by atoms with Crippen LogP contribution in [0.1, 0.15) is 245 Å². The van der Waals surface area contributed by atoms with Crippen molar-refractivity contribution in [1.29, 1.82) is 0 Å². The van der Waals surface area contributed by atoms with E-state index < -0.39 is 55.6 Å². The normalized spacial score (nSPS) is 14.4. The third-order valence-electron chi connectivity index (χ3n) is 14.0. The third-order valence-corrected chi connectivity index (χ3v) is 14.0. The van der Waals surface area contributed by atoms with Crippen molar-refractivity contribution in [3.63, 3.8) is 0 Å². The van der Waals surface area contributed by atoms with E-state index in [1.54, 1.807) is 0 Å². The minimum atomic E-state index is -1.53. The Balaban J connectivity index is 2.76. The fourth-order valence-electron chi connectivity index (χ4n) is 10.1. The van der Waals surface area contributed by atoms with Crippen LogP contribution in [-0.4, -0.2) is 120 Å². The van der Waals surface area contributed by atoms with Gasteiger partial charge in [0.1, 0.15) is 0 Å². The van der Waals surface area contributed by atoms with E-state index in [-0.39, 0.29) is 44.9 Å². The van der Waals surface area contributed by atoms with E-state index in [0.717, 1.165) is 25.7 Å². The Morgan fingerprint density at radius 1 is 0.403 bits per heavy atom. The molecule has 0 N–H and O–H groups in total. The van der Waals surface area contributed by atoms with Crippen LogP contribution in [0, 0.1) is 0 Å². The first-order chi connectivity index (χ1) is 32.4. The van der Waals surface area contributed by atoms with E-state index in [0.29, 0.717) is 25.9 Å². The van der Waals surface area contributed by atoms with Gasteiger partial charge in [0.2, 0.25) is 5.91 Å². The van der Waals surface area contributed by atoms with Crippen LogP contribution in [0.5, 0.6) is 0 Å². The monoisotopic (exact) mass is 947 g/mol. The van der Waals surface area contributed by atoms with Gasteiger partial charge in [0.05, 0.1) is 23.9 Å². The van der Waals surface area contributed by atoms with Gasteiger partial charge in [-0.1, -0.05) is 213 Å². The molecule has 13 nitrogen and oxygen atoms in total. The Morgan fingerprint density at radius 2 is 0.701 bits per heavy atom. The van der Waals surface area contributed by atoms with Gasteiger partial charge in [-0.2, -0.15) is 0 Å². The van der Waals surface area contributed by atoms with Crippen LogP contribution in [-0.2, 0) is 24.0 Å². The fourth-order valence-corrected chi connectivity index (χ4v) is 10.1.